The van der Waals surface area contributed by atoms with Crippen LogP contribution < -0.4 is 11.1 Å². The van der Waals surface area contributed by atoms with E-state index in [1.165, 1.54) is 0 Å². The zero-order chi connectivity index (χ0) is 11.1. The molecule has 0 heterocycles. The van der Waals surface area contributed by atoms with Gasteiger partial charge in [-0.3, -0.25) is 4.79 Å². The van der Waals surface area contributed by atoms with Gasteiger partial charge in [0.2, 0.25) is 5.91 Å². The third-order valence-corrected chi connectivity index (χ3v) is 2.45. The highest BCUT2D eigenvalue weighted by Gasteiger charge is 2.17. The number of aliphatic hydroxyl groups excluding tert-OH is 1. The van der Waals surface area contributed by atoms with E-state index >= 15 is 0 Å². The van der Waals surface area contributed by atoms with E-state index in [9.17, 15) is 4.79 Å². The fraction of sp³-hybridized carbons (Fsp3) is 0.900. The molecule has 0 radical (unpaired) electrons. The predicted molar refractivity (Wildman–Crippen MR) is 56.7 cm³/mol. The van der Waals surface area contributed by atoms with Crippen molar-refractivity contribution in [3.05, 3.63) is 0 Å². The van der Waals surface area contributed by atoms with Crippen LogP contribution in [0.5, 0.6) is 0 Å². The molecule has 2 unspecified atom stereocenters. The summed E-state index contributed by atoms with van der Waals surface area (Å²) in [6.45, 7) is 5.82. The number of amides is 1. The number of rotatable bonds is 6. The topological polar surface area (TPSA) is 75.4 Å². The largest absolute Gasteiger partial charge is 0.396 e. The number of nitrogens with two attached hydrogens (primary N) is 1. The molecule has 0 saturated carbocycles. The van der Waals surface area contributed by atoms with E-state index in [-0.39, 0.29) is 24.5 Å². The molecule has 0 rings (SSSR count). The maximum absolute atomic E-state index is 11.4. The van der Waals surface area contributed by atoms with E-state index in [1.54, 1.807) is 0 Å². The molecule has 0 aliphatic rings. The number of aliphatic hydroxyl groups is 1. The molecule has 0 aliphatic carbocycles. The third-order valence-electron chi connectivity index (χ3n) is 2.45. The summed E-state index contributed by atoms with van der Waals surface area (Å²) in [5.41, 5.74) is 5.64. The van der Waals surface area contributed by atoms with Crippen molar-refractivity contribution in [2.45, 2.75) is 45.7 Å². The zero-order valence-electron chi connectivity index (χ0n) is 9.29. The van der Waals surface area contributed by atoms with Crippen LogP contribution in [0.2, 0.25) is 0 Å². The Bertz CT molecular complexity index is 174. The van der Waals surface area contributed by atoms with Gasteiger partial charge in [0.05, 0.1) is 6.04 Å². The van der Waals surface area contributed by atoms with Crippen LogP contribution in [0.1, 0.15) is 33.6 Å². The van der Waals surface area contributed by atoms with Gasteiger partial charge in [-0.1, -0.05) is 20.3 Å². The Balaban J connectivity index is 3.92. The molecule has 14 heavy (non-hydrogen) atoms. The molecular weight excluding hydrogens is 180 g/mol. The van der Waals surface area contributed by atoms with Gasteiger partial charge in [0, 0.05) is 12.6 Å². The molecule has 0 bridgehead atoms. The van der Waals surface area contributed by atoms with Crippen molar-refractivity contribution in [1.82, 2.24) is 5.32 Å². The molecule has 0 aromatic rings. The Morgan fingerprint density at radius 1 is 1.50 bits per heavy atom. The van der Waals surface area contributed by atoms with Crippen LogP contribution in [0, 0.1) is 5.92 Å². The van der Waals surface area contributed by atoms with Crippen LogP contribution in [0.4, 0.5) is 0 Å². The van der Waals surface area contributed by atoms with Gasteiger partial charge in [-0.2, -0.15) is 0 Å². The summed E-state index contributed by atoms with van der Waals surface area (Å²) in [4.78, 5) is 11.4. The molecule has 4 nitrogen and oxygen atoms in total. The van der Waals surface area contributed by atoms with Crippen molar-refractivity contribution in [3.63, 3.8) is 0 Å². The lowest BCUT2D eigenvalue weighted by atomic mass is 10.0. The molecule has 0 fully saturated rings. The monoisotopic (exact) mass is 202 g/mol. The molecule has 4 heteroatoms. The van der Waals surface area contributed by atoms with Gasteiger partial charge in [0.1, 0.15) is 0 Å². The van der Waals surface area contributed by atoms with E-state index in [0.29, 0.717) is 6.42 Å². The second-order valence-electron chi connectivity index (χ2n) is 3.85. The second kappa shape index (κ2) is 6.79. The lowest BCUT2D eigenvalue weighted by Crippen LogP contribution is -2.46. The molecule has 0 spiro atoms. The van der Waals surface area contributed by atoms with Gasteiger partial charge in [0.25, 0.3) is 0 Å². The Kier molecular flexibility index (Phi) is 6.49. The molecule has 3 atom stereocenters. The van der Waals surface area contributed by atoms with Gasteiger partial charge in [-0.05, 0) is 19.3 Å². The Labute approximate surface area is 85.9 Å². The summed E-state index contributed by atoms with van der Waals surface area (Å²) in [5.74, 6) is -0.0626. The van der Waals surface area contributed by atoms with E-state index < -0.39 is 6.04 Å². The first kappa shape index (κ1) is 13.4. The van der Waals surface area contributed by atoms with Crippen LogP contribution in [-0.4, -0.2) is 29.7 Å². The minimum absolute atomic E-state index is 0.0320. The maximum Gasteiger partial charge on any atom is 0.237 e. The standard InChI is InChI=1S/C10H22N2O2/c1-4-5-9(11)10(14)12-8(3)7(2)6-13/h7-9,13H,4-6,11H2,1-3H3,(H,12,14)/t7?,8?,9-/m0/s1. The highest BCUT2D eigenvalue weighted by atomic mass is 16.3. The second-order valence-corrected chi connectivity index (χ2v) is 3.85. The van der Waals surface area contributed by atoms with Gasteiger partial charge in [-0.15, -0.1) is 0 Å². The van der Waals surface area contributed by atoms with Crippen LogP contribution in [0.25, 0.3) is 0 Å². The zero-order valence-corrected chi connectivity index (χ0v) is 9.29. The number of carbonyl (C=O) groups excluding carboxylic acids is 1. The Hall–Kier alpha value is -0.610. The lowest BCUT2D eigenvalue weighted by molar-refractivity contribution is -0.123. The maximum atomic E-state index is 11.4. The molecule has 0 aliphatic heterocycles. The van der Waals surface area contributed by atoms with Gasteiger partial charge in [0.15, 0.2) is 0 Å². The van der Waals surface area contributed by atoms with Crippen LogP contribution in [0.3, 0.4) is 0 Å². The summed E-state index contributed by atoms with van der Waals surface area (Å²) in [5, 5.41) is 11.7. The van der Waals surface area contributed by atoms with E-state index in [4.69, 9.17) is 10.8 Å². The van der Waals surface area contributed by atoms with Crippen LogP contribution in [-0.2, 0) is 4.79 Å². The van der Waals surface area contributed by atoms with Crippen molar-refractivity contribution in [2.24, 2.45) is 11.7 Å². The predicted octanol–water partition coefficient (Wildman–Crippen LogP) is 0.247. The first-order valence-corrected chi connectivity index (χ1v) is 5.19. The number of hydrogen-bond donors (Lipinski definition) is 3. The fourth-order valence-corrected chi connectivity index (χ4v) is 1.07. The van der Waals surface area contributed by atoms with Crippen molar-refractivity contribution in [3.8, 4) is 0 Å². The van der Waals surface area contributed by atoms with Gasteiger partial charge < -0.3 is 16.2 Å². The minimum atomic E-state index is -0.423. The van der Waals surface area contributed by atoms with E-state index in [0.717, 1.165) is 6.42 Å². The molecule has 0 aromatic carbocycles. The summed E-state index contributed by atoms with van der Waals surface area (Å²) in [6, 6.07) is -0.455. The summed E-state index contributed by atoms with van der Waals surface area (Å²) >= 11 is 0. The number of carbonyl (C=O) groups is 1. The molecule has 0 saturated heterocycles. The Morgan fingerprint density at radius 3 is 2.50 bits per heavy atom. The molecule has 84 valence electrons. The summed E-state index contributed by atoms with van der Waals surface area (Å²) in [7, 11) is 0. The highest BCUT2D eigenvalue weighted by Crippen LogP contribution is 2.01. The van der Waals surface area contributed by atoms with E-state index in [1.807, 2.05) is 20.8 Å². The Morgan fingerprint density at radius 2 is 2.07 bits per heavy atom. The average molecular weight is 202 g/mol. The normalized spacial score (nSPS) is 17.2. The fourth-order valence-electron chi connectivity index (χ4n) is 1.07. The average Bonchev–Trinajstić information content (AvgIpc) is 2.16. The molecule has 1 amide bonds. The smallest absolute Gasteiger partial charge is 0.237 e. The van der Waals surface area contributed by atoms with Gasteiger partial charge in [-0.25, -0.2) is 0 Å². The summed E-state index contributed by atoms with van der Waals surface area (Å²) in [6.07, 6.45) is 1.60. The van der Waals surface area contributed by atoms with Crippen molar-refractivity contribution < 1.29 is 9.90 Å². The minimum Gasteiger partial charge on any atom is -0.396 e. The number of hydrogen-bond acceptors (Lipinski definition) is 3. The first-order chi connectivity index (χ1) is 6.52. The molecule has 4 N–H and O–H groups in total. The molecule has 0 aromatic heterocycles. The lowest BCUT2D eigenvalue weighted by Gasteiger charge is -2.21. The third kappa shape index (κ3) is 4.58. The van der Waals surface area contributed by atoms with Crippen LogP contribution in [0.15, 0.2) is 0 Å². The highest BCUT2D eigenvalue weighted by molar-refractivity contribution is 5.81. The van der Waals surface area contributed by atoms with Gasteiger partial charge >= 0.3 is 0 Å². The summed E-state index contributed by atoms with van der Waals surface area (Å²) < 4.78 is 0. The SMILES string of the molecule is CCC[C@H](N)C(=O)NC(C)C(C)CO. The quantitative estimate of drug-likeness (QED) is 0.578. The van der Waals surface area contributed by atoms with E-state index in [2.05, 4.69) is 5.32 Å². The number of nitrogens with one attached hydrogen (secondary N) is 1. The van der Waals surface area contributed by atoms with Crippen molar-refractivity contribution >= 4 is 5.91 Å². The van der Waals surface area contributed by atoms with Crippen molar-refractivity contribution in [1.29, 1.82) is 0 Å². The molecular formula is C10H22N2O2. The van der Waals surface area contributed by atoms with Crippen LogP contribution >= 0.6 is 0 Å². The first-order valence-electron chi connectivity index (χ1n) is 5.19. The van der Waals surface area contributed by atoms with Crippen molar-refractivity contribution in [2.75, 3.05) is 6.61 Å².